The summed E-state index contributed by atoms with van der Waals surface area (Å²) < 4.78 is 0. The molecule has 0 fully saturated rings. The number of nitrogens with one attached hydrogen (secondary N) is 1. The fourth-order valence-corrected chi connectivity index (χ4v) is 2.52. The molecule has 0 aliphatic heterocycles. The van der Waals surface area contributed by atoms with Crippen molar-refractivity contribution >= 4 is 17.6 Å². The van der Waals surface area contributed by atoms with Crippen molar-refractivity contribution < 1.29 is 0 Å². The third-order valence-corrected chi connectivity index (χ3v) is 3.65. The van der Waals surface area contributed by atoms with Gasteiger partial charge in [0.05, 0.1) is 0 Å². The summed E-state index contributed by atoms with van der Waals surface area (Å²) in [7, 11) is 0. The molecule has 19 heavy (non-hydrogen) atoms. The number of nitrogens with zero attached hydrogens (tertiary/aromatic N) is 2. The summed E-state index contributed by atoms with van der Waals surface area (Å²) in [5.41, 5.74) is 9.26. The molecule has 0 aliphatic carbocycles. The van der Waals surface area contributed by atoms with Crippen molar-refractivity contribution in [2.75, 3.05) is 0 Å². The molecule has 0 atom stereocenters. The fourth-order valence-electron chi connectivity index (χ4n) is 1.61. The molecule has 4 nitrogen and oxygen atoms in total. The van der Waals surface area contributed by atoms with E-state index in [0.29, 0.717) is 10.9 Å². The van der Waals surface area contributed by atoms with Crippen molar-refractivity contribution in [3.05, 3.63) is 46.8 Å². The molecule has 0 saturated carbocycles. The lowest BCUT2D eigenvalue weighted by atomic mass is 10.1. The maximum atomic E-state index is 7.45. The lowest BCUT2D eigenvalue weighted by Gasteiger charge is -2.06. The summed E-state index contributed by atoms with van der Waals surface area (Å²) >= 11 is 1.48. The van der Waals surface area contributed by atoms with E-state index >= 15 is 0 Å². The molecule has 1 heterocycles. The molecule has 0 aliphatic rings. The topological polar surface area (TPSA) is 75.7 Å². The molecule has 0 unspecified atom stereocenters. The minimum atomic E-state index is -0.0348. The Bertz CT molecular complexity index is 637. The zero-order valence-electron chi connectivity index (χ0n) is 11.2. The fraction of sp³-hybridized carbons (Fsp3) is 0.214. The van der Waals surface area contributed by atoms with Gasteiger partial charge in [-0.15, -0.1) is 0 Å². The van der Waals surface area contributed by atoms with Crippen molar-refractivity contribution in [1.29, 1.82) is 5.41 Å². The minimum Gasteiger partial charge on any atom is -0.382 e. The minimum absolute atomic E-state index is 0.0348. The van der Waals surface area contributed by atoms with Gasteiger partial charge in [0, 0.05) is 10.6 Å². The van der Waals surface area contributed by atoms with Gasteiger partial charge in [-0.05, 0) is 61.9 Å². The van der Waals surface area contributed by atoms with Gasteiger partial charge in [0.1, 0.15) is 11.5 Å². The first-order valence-electron chi connectivity index (χ1n) is 5.91. The summed E-state index contributed by atoms with van der Waals surface area (Å²) in [6, 6.07) is 7.96. The third-order valence-electron chi connectivity index (χ3n) is 2.80. The summed E-state index contributed by atoms with van der Waals surface area (Å²) in [6.07, 6.45) is 0. The Balaban J connectivity index is 2.32. The highest BCUT2D eigenvalue weighted by molar-refractivity contribution is 7.99. The molecule has 1 aromatic carbocycles. The Morgan fingerprint density at radius 1 is 1.11 bits per heavy atom. The van der Waals surface area contributed by atoms with Crippen LogP contribution in [-0.4, -0.2) is 15.8 Å². The van der Waals surface area contributed by atoms with Crippen LogP contribution in [0.3, 0.4) is 0 Å². The van der Waals surface area contributed by atoms with Crippen LogP contribution < -0.4 is 5.73 Å². The van der Waals surface area contributed by atoms with Crippen LogP contribution in [0.25, 0.3) is 0 Å². The molecule has 0 amide bonds. The van der Waals surface area contributed by atoms with E-state index in [1.54, 1.807) is 6.07 Å². The van der Waals surface area contributed by atoms with Gasteiger partial charge in [0.15, 0.2) is 5.16 Å². The standard InChI is InChI=1S/C14H16N4S/c1-8-4-5-11(6-9(8)2)19-14-17-10(3)7-12(18-14)13(15)16/h4-7H,1-3H3,(H3,15,16). The Kier molecular flexibility index (Phi) is 3.85. The van der Waals surface area contributed by atoms with Crippen molar-refractivity contribution in [3.63, 3.8) is 0 Å². The normalized spacial score (nSPS) is 10.5. The second-order valence-electron chi connectivity index (χ2n) is 4.44. The Morgan fingerprint density at radius 3 is 2.47 bits per heavy atom. The molecule has 0 spiro atoms. The number of aromatic nitrogens is 2. The number of aryl methyl sites for hydroxylation is 3. The Hall–Kier alpha value is -1.88. The van der Waals surface area contributed by atoms with E-state index in [4.69, 9.17) is 11.1 Å². The third kappa shape index (κ3) is 3.32. The zero-order chi connectivity index (χ0) is 14.0. The predicted octanol–water partition coefficient (Wildman–Crippen LogP) is 2.84. The van der Waals surface area contributed by atoms with E-state index in [-0.39, 0.29) is 5.84 Å². The van der Waals surface area contributed by atoms with Crippen LogP contribution in [0, 0.1) is 26.2 Å². The predicted molar refractivity (Wildman–Crippen MR) is 77.8 cm³/mol. The molecule has 0 saturated heterocycles. The lowest BCUT2D eigenvalue weighted by Crippen LogP contribution is -2.14. The second kappa shape index (κ2) is 5.40. The molecule has 3 N–H and O–H groups in total. The van der Waals surface area contributed by atoms with Crippen molar-refractivity contribution in [2.24, 2.45) is 5.73 Å². The van der Waals surface area contributed by atoms with E-state index in [1.165, 1.54) is 22.9 Å². The van der Waals surface area contributed by atoms with Crippen LogP contribution in [0.4, 0.5) is 0 Å². The van der Waals surface area contributed by atoms with Gasteiger partial charge >= 0.3 is 0 Å². The lowest BCUT2D eigenvalue weighted by molar-refractivity contribution is 0.921. The first-order valence-corrected chi connectivity index (χ1v) is 6.72. The average Bonchev–Trinajstić information content (AvgIpc) is 2.33. The molecule has 2 aromatic rings. The highest BCUT2D eigenvalue weighted by atomic mass is 32.2. The van der Waals surface area contributed by atoms with Crippen LogP contribution in [0.5, 0.6) is 0 Å². The number of nitrogens with two attached hydrogens (primary N) is 1. The molecule has 2 rings (SSSR count). The van der Waals surface area contributed by atoms with E-state index in [0.717, 1.165) is 10.6 Å². The van der Waals surface area contributed by atoms with Crippen molar-refractivity contribution in [3.8, 4) is 0 Å². The molecule has 1 aromatic heterocycles. The van der Waals surface area contributed by atoms with Crippen LogP contribution >= 0.6 is 11.8 Å². The molecule has 0 bridgehead atoms. The van der Waals surface area contributed by atoms with Crippen LogP contribution in [0.2, 0.25) is 0 Å². The average molecular weight is 272 g/mol. The molecule has 0 radical (unpaired) electrons. The van der Waals surface area contributed by atoms with Gasteiger partial charge in [0.2, 0.25) is 0 Å². The summed E-state index contributed by atoms with van der Waals surface area (Å²) in [5, 5.41) is 8.07. The summed E-state index contributed by atoms with van der Waals surface area (Å²) in [6.45, 7) is 6.04. The Morgan fingerprint density at radius 2 is 1.84 bits per heavy atom. The maximum Gasteiger partial charge on any atom is 0.193 e. The number of benzene rings is 1. The highest BCUT2D eigenvalue weighted by Crippen LogP contribution is 2.26. The van der Waals surface area contributed by atoms with E-state index in [9.17, 15) is 0 Å². The largest absolute Gasteiger partial charge is 0.382 e. The number of hydrogen-bond donors (Lipinski definition) is 2. The van der Waals surface area contributed by atoms with Gasteiger partial charge in [-0.2, -0.15) is 0 Å². The van der Waals surface area contributed by atoms with Gasteiger partial charge < -0.3 is 5.73 Å². The van der Waals surface area contributed by atoms with Crippen LogP contribution in [0.1, 0.15) is 22.5 Å². The number of hydrogen-bond acceptors (Lipinski definition) is 4. The van der Waals surface area contributed by atoms with Gasteiger partial charge in [0.25, 0.3) is 0 Å². The summed E-state index contributed by atoms with van der Waals surface area (Å²) in [5.74, 6) is -0.0348. The number of nitrogen functional groups attached to an aromatic ring is 1. The maximum absolute atomic E-state index is 7.45. The molecule has 98 valence electrons. The van der Waals surface area contributed by atoms with Crippen LogP contribution in [0.15, 0.2) is 34.3 Å². The highest BCUT2D eigenvalue weighted by Gasteiger charge is 2.07. The first kappa shape index (κ1) is 13.5. The van der Waals surface area contributed by atoms with Crippen molar-refractivity contribution in [1.82, 2.24) is 9.97 Å². The smallest absolute Gasteiger partial charge is 0.193 e. The van der Waals surface area contributed by atoms with E-state index < -0.39 is 0 Å². The SMILES string of the molecule is Cc1cc(C(=N)N)nc(Sc2ccc(C)c(C)c2)n1. The molecular weight excluding hydrogens is 256 g/mol. The van der Waals surface area contributed by atoms with Gasteiger partial charge in [-0.3, -0.25) is 5.41 Å². The van der Waals surface area contributed by atoms with Crippen LogP contribution in [-0.2, 0) is 0 Å². The monoisotopic (exact) mass is 272 g/mol. The number of rotatable bonds is 3. The van der Waals surface area contributed by atoms with E-state index in [2.05, 4.69) is 35.9 Å². The summed E-state index contributed by atoms with van der Waals surface area (Å²) in [4.78, 5) is 9.73. The molecular formula is C14H16N4S. The molecule has 5 heteroatoms. The van der Waals surface area contributed by atoms with Gasteiger partial charge in [-0.1, -0.05) is 6.07 Å². The second-order valence-corrected chi connectivity index (χ2v) is 5.48. The Labute approximate surface area is 117 Å². The van der Waals surface area contributed by atoms with Gasteiger partial charge in [-0.25, -0.2) is 9.97 Å². The van der Waals surface area contributed by atoms with E-state index in [1.807, 2.05) is 13.0 Å². The number of amidine groups is 1. The quantitative estimate of drug-likeness (QED) is 0.512. The first-order chi connectivity index (χ1) is 8.95. The van der Waals surface area contributed by atoms with Crippen molar-refractivity contribution in [2.45, 2.75) is 30.8 Å². The zero-order valence-corrected chi connectivity index (χ0v) is 12.0.